The van der Waals surface area contributed by atoms with Crippen molar-refractivity contribution in [1.82, 2.24) is 4.98 Å². The normalized spacial score (nSPS) is 11.0. The van der Waals surface area contributed by atoms with Gasteiger partial charge in [-0.15, -0.1) is 0 Å². The van der Waals surface area contributed by atoms with Crippen molar-refractivity contribution in [1.29, 1.82) is 0 Å². The molecule has 2 aromatic carbocycles. The number of benzene rings is 2. The van der Waals surface area contributed by atoms with Crippen molar-refractivity contribution in [2.45, 2.75) is 27.3 Å². The van der Waals surface area contributed by atoms with Gasteiger partial charge in [0.15, 0.2) is 0 Å². The Labute approximate surface area is 147 Å². The number of hydrogen-bond donors (Lipinski definition) is 1. The summed E-state index contributed by atoms with van der Waals surface area (Å²) in [5.41, 5.74) is 3.10. The van der Waals surface area contributed by atoms with E-state index < -0.39 is 0 Å². The minimum absolute atomic E-state index is 0.00170. The fraction of sp³-hybridized carbons (Fsp3) is 0.238. The molecule has 0 atom stereocenters. The Kier molecular flexibility index (Phi) is 4.70. The summed E-state index contributed by atoms with van der Waals surface area (Å²) >= 11 is 0. The van der Waals surface area contributed by atoms with Crippen molar-refractivity contribution < 1.29 is 4.79 Å². The fourth-order valence-corrected chi connectivity index (χ4v) is 2.88. The van der Waals surface area contributed by atoms with Gasteiger partial charge in [-0.2, -0.15) is 0 Å². The molecule has 0 bridgehead atoms. The Bertz CT molecular complexity index is 973. The van der Waals surface area contributed by atoms with Gasteiger partial charge in [-0.05, 0) is 42.1 Å². The highest BCUT2D eigenvalue weighted by molar-refractivity contribution is 5.94. The van der Waals surface area contributed by atoms with Crippen LogP contribution in [0.5, 0.6) is 0 Å². The molecule has 0 fully saturated rings. The minimum atomic E-state index is -0.159. The molecule has 1 N–H and O–H groups in total. The Balaban J connectivity index is 2.05. The van der Waals surface area contributed by atoms with Gasteiger partial charge in [0.1, 0.15) is 0 Å². The lowest BCUT2D eigenvalue weighted by Gasteiger charge is -2.25. The summed E-state index contributed by atoms with van der Waals surface area (Å²) in [5.74, 6) is -0.154. The van der Waals surface area contributed by atoms with E-state index in [1.807, 2.05) is 75.4 Å². The van der Waals surface area contributed by atoms with Crippen LogP contribution >= 0.6 is 0 Å². The summed E-state index contributed by atoms with van der Waals surface area (Å²) in [5, 5.41) is 0.957. The molecule has 128 valence electrons. The molecule has 3 aromatic rings. The maximum Gasteiger partial charge on any atom is 0.253 e. The summed E-state index contributed by atoms with van der Waals surface area (Å²) < 4.78 is 0. The molecule has 1 heterocycles. The first-order valence-corrected chi connectivity index (χ1v) is 8.44. The zero-order valence-electron chi connectivity index (χ0n) is 14.7. The predicted molar refractivity (Wildman–Crippen MR) is 102 cm³/mol. The molecule has 0 aliphatic heterocycles. The van der Waals surface area contributed by atoms with Crippen LogP contribution in [0.2, 0.25) is 0 Å². The zero-order valence-corrected chi connectivity index (χ0v) is 14.7. The molecule has 3 rings (SSSR count). The number of H-pyrrole nitrogens is 1. The van der Waals surface area contributed by atoms with Crippen molar-refractivity contribution in [2.75, 3.05) is 4.90 Å². The van der Waals surface area contributed by atoms with E-state index in [1.165, 1.54) is 0 Å². The maximum absolute atomic E-state index is 12.7. The maximum atomic E-state index is 12.7. The molecule has 4 heteroatoms. The minimum Gasteiger partial charge on any atom is -0.322 e. The zero-order chi connectivity index (χ0) is 18.0. The largest absolute Gasteiger partial charge is 0.322 e. The van der Waals surface area contributed by atoms with Crippen molar-refractivity contribution in [3.63, 3.8) is 0 Å². The molecular weight excluding hydrogens is 312 g/mol. The molecule has 25 heavy (non-hydrogen) atoms. The van der Waals surface area contributed by atoms with E-state index in [4.69, 9.17) is 0 Å². The number of nitrogens with one attached hydrogen (secondary N) is 1. The molecule has 0 aliphatic carbocycles. The van der Waals surface area contributed by atoms with Gasteiger partial charge in [0.05, 0.1) is 6.54 Å². The van der Waals surface area contributed by atoms with Crippen molar-refractivity contribution in [3.8, 4) is 0 Å². The number of para-hydroxylation sites is 1. The number of carbonyl (C=O) groups excluding carboxylic acids is 1. The Morgan fingerprint density at radius 2 is 1.84 bits per heavy atom. The van der Waals surface area contributed by atoms with Crippen LogP contribution in [-0.4, -0.2) is 10.9 Å². The van der Waals surface area contributed by atoms with E-state index in [1.54, 1.807) is 4.90 Å². The molecule has 0 saturated carbocycles. The predicted octanol–water partition coefficient (Wildman–Crippen LogP) is 4.03. The lowest BCUT2D eigenvalue weighted by atomic mass is 10.1. The summed E-state index contributed by atoms with van der Waals surface area (Å²) in [6, 6.07) is 17.3. The molecule has 0 saturated heterocycles. The summed E-state index contributed by atoms with van der Waals surface area (Å²) in [6.07, 6.45) is 0. The monoisotopic (exact) mass is 334 g/mol. The van der Waals surface area contributed by atoms with Crippen LogP contribution in [0.1, 0.15) is 25.0 Å². The molecule has 1 aromatic heterocycles. The van der Waals surface area contributed by atoms with Gasteiger partial charge in [0.25, 0.3) is 5.56 Å². The lowest BCUT2D eigenvalue weighted by molar-refractivity contribution is -0.121. The van der Waals surface area contributed by atoms with Crippen LogP contribution in [0.3, 0.4) is 0 Å². The van der Waals surface area contributed by atoms with E-state index in [0.717, 1.165) is 22.2 Å². The third-order valence-electron chi connectivity index (χ3n) is 4.23. The number of aromatic amines is 1. The highest BCUT2D eigenvalue weighted by Gasteiger charge is 2.20. The highest BCUT2D eigenvalue weighted by atomic mass is 16.2. The Hall–Kier alpha value is -2.88. The van der Waals surface area contributed by atoms with Crippen molar-refractivity contribution in [2.24, 2.45) is 5.92 Å². The van der Waals surface area contributed by atoms with Crippen LogP contribution in [-0.2, 0) is 11.3 Å². The van der Waals surface area contributed by atoms with Crippen LogP contribution in [0, 0.1) is 12.8 Å². The second kappa shape index (κ2) is 6.93. The van der Waals surface area contributed by atoms with Crippen molar-refractivity contribution in [3.05, 3.63) is 76.1 Å². The van der Waals surface area contributed by atoms with Crippen LogP contribution in [0.15, 0.2) is 59.4 Å². The van der Waals surface area contributed by atoms with E-state index in [9.17, 15) is 9.59 Å². The number of aromatic nitrogens is 1. The second-order valence-corrected chi connectivity index (χ2v) is 6.63. The number of anilines is 1. The van der Waals surface area contributed by atoms with Gasteiger partial charge in [-0.25, -0.2) is 0 Å². The summed E-state index contributed by atoms with van der Waals surface area (Å²) in [6.45, 7) is 5.98. The molecular formula is C21H22N2O2. The summed E-state index contributed by atoms with van der Waals surface area (Å²) in [7, 11) is 0. The highest BCUT2D eigenvalue weighted by Crippen LogP contribution is 2.21. The number of pyridine rings is 1. The fourth-order valence-electron chi connectivity index (χ4n) is 2.88. The van der Waals surface area contributed by atoms with Crippen LogP contribution in [0.4, 0.5) is 5.69 Å². The standard InChI is InChI=1S/C21H22N2O2/c1-14(2)21(25)23(18-9-6-7-15(3)11-18)13-17-12-16-8-4-5-10-19(16)22-20(17)24/h4-12,14H,13H2,1-3H3,(H,22,24). The number of rotatable bonds is 4. The first-order chi connectivity index (χ1) is 12.0. The molecule has 4 nitrogen and oxygen atoms in total. The molecule has 0 radical (unpaired) electrons. The number of amides is 1. The third kappa shape index (κ3) is 3.63. The summed E-state index contributed by atoms with van der Waals surface area (Å²) in [4.78, 5) is 29.8. The molecule has 0 unspecified atom stereocenters. The van der Waals surface area contributed by atoms with E-state index in [2.05, 4.69) is 4.98 Å². The van der Waals surface area contributed by atoms with Gasteiger partial charge in [0, 0.05) is 22.7 Å². The number of carbonyl (C=O) groups is 1. The number of fused-ring (bicyclic) bond motifs is 1. The third-order valence-corrected chi connectivity index (χ3v) is 4.23. The first-order valence-electron chi connectivity index (χ1n) is 8.44. The average molecular weight is 334 g/mol. The molecule has 1 amide bonds. The van der Waals surface area contributed by atoms with Gasteiger partial charge in [-0.1, -0.05) is 44.2 Å². The number of nitrogens with zero attached hydrogens (tertiary/aromatic N) is 1. The van der Waals surface area contributed by atoms with Gasteiger partial charge < -0.3 is 9.88 Å². The van der Waals surface area contributed by atoms with E-state index in [0.29, 0.717) is 5.56 Å². The lowest BCUT2D eigenvalue weighted by Crippen LogP contribution is -2.35. The van der Waals surface area contributed by atoms with Gasteiger partial charge in [0.2, 0.25) is 5.91 Å². The van der Waals surface area contributed by atoms with E-state index >= 15 is 0 Å². The number of aryl methyl sites for hydroxylation is 1. The average Bonchev–Trinajstić information content (AvgIpc) is 2.59. The smallest absolute Gasteiger partial charge is 0.253 e. The van der Waals surface area contributed by atoms with Crippen LogP contribution in [0.25, 0.3) is 10.9 Å². The van der Waals surface area contributed by atoms with Crippen LogP contribution < -0.4 is 10.5 Å². The molecule has 0 aliphatic rings. The topological polar surface area (TPSA) is 53.2 Å². The SMILES string of the molecule is Cc1cccc(N(Cc2cc3ccccc3[nH]c2=O)C(=O)C(C)C)c1. The second-order valence-electron chi connectivity index (χ2n) is 6.63. The van der Waals surface area contributed by atoms with Gasteiger partial charge in [-0.3, -0.25) is 9.59 Å². The first kappa shape index (κ1) is 17.0. The van der Waals surface area contributed by atoms with Gasteiger partial charge >= 0.3 is 0 Å². The Morgan fingerprint density at radius 1 is 1.08 bits per heavy atom. The number of hydrogen-bond acceptors (Lipinski definition) is 2. The quantitative estimate of drug-likeness (QED) is 0.783. The molecule has 0 spiro atoms. The van der Waals surface area contributed by atoms with E-state index in [-0.39, 0.29) is 23.9 Å². The van der Waals surface area contributed by atoms with Crippen molar-refractivity contribution >= 4 is 22.5 Å². The Morgan fingerprint density at radius 3 is 2.56 bits per heavy atom.